The molecule has 0 spiro atoms. The highest BCUT2D eigenvalue weighted by Gasteiger charge is 2.30. The van der Waals surface area contributed by atoms with E-state index in [1.807, 2.05) is 13.8 Å². The average molecular weight is 305 g/mol. The van der Waals surface area contributed by atoms with Gasteiger partial charge in [-0.1, -0.05) is 12.5 Å². The summed E-state index contributed by atoms with van der Waals surface area (Å²) >= 11 is 0. The minimum absolute atomic E-state index is 0.187. The Morgan fingerprint density at radius 3 is 2.14 bits per heavy atom. The van der Waals surface area contributed by atoms with E-state index >= 15 is 0 Å². The van der Waals surface area contributed by atoms with Crippen LogP contribution in [0.3, 0.4) is 0 Å². The van der Waals surface area contributed by atoms with Gasteiger partial charge in [0.05, 0.1) is 0 Å². The minimum atomic E-state index is -4.70. The highest BCUT2D eigenvalue weighted by atomic mass is 19.4. The second-order valence-electron chi connectivity index (χ2n) is 4.56. The second-order valence-corrected chi connectivity index (χ2v) is 4.56. The Morgan fingerprint density at radius 2 is 1.71 bits per heavy atom. The van der Waals surface area contributed by atoms with E-state index in [-0.39, 0.29) is 11.7 Å². The molecule has 0 heterocycles. The Bertz CT molecular complexity index is 448. The Morgan fingerprint density at radius 1 is 1.14 bits per heavy atom. The maximum atomic E-state index is 12.0. The summed E-state index contributed by atoms with van der Waals surface area (Å²) in [4.78, 5) is 13.5. The molecule has 0 aliphatic carbocycles. The van der Waals surface area contributed by atoms with E-state index in [4.69, 9.17) is 0 Å². The van der Waals surface area contributed by atoms with E-state index in [2.05, 4.69) is 4.74 Å². The van der Waals surface area contributed by atoms with Crippen LogP contribution in [-0.4, -0.2) is 23.7 Å². The largest absolute Gasteiger partial charge is 0.572 e. The lowest BCUT2D eigenvalue weighted by molar-refractivity contribution is -0.305. The Labute approximate surface area is 123 Å². The van der Waals surface area contributed by atoms with Gasteiger partial charge in [0, 0.05) is 18.3 Å². The van der Waals surface area contributed by atoms with Crippen LogP contribution in [0.2, 0.25) is 0 Å². The lowest BCUT2D eigenvalue weighted by Crippen LogP contribution is -2.27. The lowest BCUT2D eigenvalue weighted by Gasteiger charge is -2.20. The SMILES string of the molecule is CCC(C)=CC(=O)N(CC)C(C)=CC=C(C)OC(F)(F)F. The minimum Gasteiger partial charge on any atom is -0.411 e. The molecule has 0 aromatic carbocycles. The van der Waals surface area contributed by atoms with Gasteiger partial charge < -0.3 is 9.64 Å². The van der Waals surface area contributed by atoms with Gasteiger partial charge in [-0.05, 0) is 46.3 Å². The van der Waals surface area contributed by atoms with Gasteiger partial charge in [0.25, 0.3) is 5.91 Å². The van der Waals surface area contributed by atoms with E-state index < -0.39 is 6.36 Å². The van der Waals surface area contributed by atoms with E-state index in [1.54, 1.807) is 13.8 Å². The van der Waals surface area contributed by atoms with Crippen LogP contribution in [0.4, 0.5) is 13.2 Å². The van der Waals surface area contributed by atoms with Gasteiger partial charge in [-0.3, -0.25) is 4.79 Å². The van der Waals surface area contributed by atoms with Crippen molar-refractivity contribution in [2.24, 2.45) is 0 Å². The molecule has 0 aliphatic heterocycles. The van der Waals surface area contributed by atoms with E-state index in [1.165, 1.54) is 30.1 Å². The average Bonchev–Trinajstić information content (AvgIpc) is 2.34. The zero-order valence-corrected chi connectivity index (χ0v) is 13.0. The Hall–Kier alpha value is -1.72. The monoisotopic (exact) mass is 305 g/mol. The number of amides is 1. The zero-order valence-electron chi connectivity index (χ0n) is 13.0. The summed E-state index contributed by atoms with van der Waals surface area (Å²) in [5.74, 6) is -0.473. The highest BCUT2D eigenvalue weighted by molar-refractivity contribution is 5.89. The summed E-state index contributed by atoms with van der Waals surface area (Å²) in [7, 11) is 0. The number of nitrogens with zero attached hydrogens (tertiary/aromatic N) is 1. The first-order valence-electron chi connectivity index (χ1n) is 6.70. The predicted molar refractivity (Wildman–Crippen MR) is 76.1 cm³/mol. The van der Waals surface area contributed by atoms with Gasteiger partial charge in [-0.15, -0.1) is 13.2 Å². The third-order valence-electron chi connectivity index (χ3n) is 2.77. The van der Waals surface area contributed by atoms with Crippen molar-refractivity contribution in [2.45, 2.75) is 47.4 Å². The molecule has 6 heteroatoms. The van der Waals surface area contributed by atoms with Gasteiger partial charge in [0.1, 0.15) is 5.76 Å². The molecule has 0 atom stereocenters. The number of halogens is 3. The Balaban J connectivity index is 5.01. The number of hydrogen-bond acceptors (Lipinski definition) is 2. The maximum Gasteiger partial charge on any atom is 0.572 e. The standard InChI is InChI=1S/C15H22F3NO2/c1-6-11(3)10-14(20)19(7-2)12(4)8-9-13(5)21-15(16,17)18/h8-10H,6-7H2,1-5H3. The van der Waals surface area contributed by atoms with E-state index in [9.17, 15) is 18.0 Å². The van der Waals surface area contributed by atoms with Crippen molar-refractivity contribution < 1.29 is 22.7 Å². The van der Waals surface area contributed by atoms with Crippen LogP contribution in [0.15, 0.2) is 35.3 Å². The van der Waals surface area contributed by atoms with Crippen LogP contribution in [-0.2, 0) is 9.53 Å². The number of likely N-dealkylation sites (N-methyl/N-ethyl adjacent to an activating group) is 1. The number of allylic oxidation sites excluding steroid dienone is 5. The van der Waals surface area contributed by atoms with Crippen molar-refractivity contribution in [1.29, 1.82) is 0 Å². The lowest BCUT2D eigenvalue weighted by atomic mass is 10.2. The number of carbonyl (C=O) groups is 1. The topological polar surface area (TPSA) is 29.5 Å². The van der Waals surface area contributed by atoms with Crippen molar-refractivity contribution >= 4 is 5.91 Å². The maximum absolute atomic E-state index is 12.0. The molecule has 0 radical (unpaired) electrons. The quantitative estimate of drug-likeness (QED) is 0.410. The van der Waals surface area contributed by atoms with Gasteiger partial charge in [0.15, 0.2) is 0 Å². The van der Waals surface area contributed by atoms with Crippen molar-refractivity contribution in [3.8, 4) is 0 Å². The molecule has 0 aromatic rings. The highest BCUT2D eigenvalue weighted by Crippen LogP contribution is 2.20. The number of rotatable bonds is 6. The molecular weight excluding hydrogens is 283 g/mol. The summed E-state index contributed by atoms with van der Waals surface area (Å²) < 4.78 is 39.8. The van der Waals surface area contributed by atoms with Gasteiger partial charge in [-0.2, -0.15) is 0 Å². The molecular formula is C15H22F3NO2. The molecule has 0 saturated carbocycles. The van der Waals surface area contributed by atoms with Crippen LogP contribution in [0.25, 0.3) is 0 Å². The fourth-order valence-electron chi connectivity index (χ4n) is 1.51. The Kier molecular flexibility index (Phi) is 7.84. The molecule has 0 rings (SSSR count). The molecule has 0 saturated heterocycles. The van der Waals surface area contributed by atoms with Crippen molar-refractivity contribution in [3.63, 3.8) is 0 Å². The third-order valence-corrected chi connectivity index (χ3v) is 2.77. The number of ether oxygens (including phenoxy) is 1. The molecule has 3 nitrogen and oxygen atoms in total. The van der Waals surface area contributed by atoms with Gasteiger partial charge >= 0.3 is 6.36 Å². The molecule has 21 heavy (non-hydrogen) atoms. The molecule has 1 amide bonds. The van der Waals surface area contributed by atoms with Crippen LogP contribution >= 0.6 is 0 Å². The first kappa shape index (κ1) is 19.3. The second kappa shape index (κ2) is 8.54. The summed E-state index contributed by atoms with van der Waals surface area (Å²) in [5.41, 5.74) is 1.49. The van der Waals surface area contributed by atoms with E-state index in [0.717, 1.165) is 12.0 Å². The van der Waals surface area contributed by atoms with Crippen molar-refractivity contribution in [1.82, 2.24) is 4.90 Å². The number of alkyl halides is 3. The molecule has 0 aromatic heterocycles. The molecule has 0 bridgehead atoms. The fourth-order valence-corrected chi connectivity index (χ4v) is 1.51. The first-order valence-corrected chi connectivity index (χ1v) is 6.70. The third kappa shape index (κ3) is 8.22. The van der Waals surface area contributed by atoms with Crippen LogP contribution < -0.4 is 0 Å². The van der Waals surface area contributed by atoms with Crippen molar-refractivity contribution in [2.75, 3.05) is 6.54 Å². The smallest absolute Gasteiger partial charge is 0.411 e. The first-order chi connectivity index (χ1) is 9.60. The van der Waals surface area contributed by atoms with Gasteiger partial charge in [0.2, 0.25) is 0 Å². The summed E-state index contributed by atoms with van der Waals surface area (Å²) in [6.07, 6.45) is 0.213. The normalized spacial score (nSPS) is 14.2. The summed E-state index contributed by atoms with van der Waals surface area (Å²) in [6.45, 7) is 8.89. The fraction of sp³-hybridized carbons (Fsp3) is 0.533. The van der Waals surface area contributed by atoms with Gasteiger partial charge in [-0.25, -0.2) is 0 Å². The molecule has 0 fully saturated rings. The summed E-state index contributed by atoms with van der Waals surface area (Å²) in [5, 5.41) is 0. The van der Waals surface area contributed by atoms with Crippen LogP contribution in [0.5, 0.6) is 0 Å². The molecule has 120 valence electrons. The van der Waals surface area contributed by atoms with Crippen molar-refractivity contribution in [3.05, 3.63) is 35.3 Å². The predicted octanol–water partition coefficient (Wildman–Crippen LogP) is 4.54. The molecule has 0 N–H and O–H groups in total. The zero-order chi connectivity index (χ0) is 16.6. The summed E-state index contributed by atoms with van der Waals surface area (Å²) in [6, 6.07) is 0. The van der Waals surface area contributed by atoms with Crippen LogP contribution in [0.1, 0.15) is 41.0 Å². The number of carbonyl (C=O) groups excluding carboxylic acids is 1. The number of hydrogen-bond donors (Lipinski definition) is 0. The van der Waals surface area contributed by atoms with E-state index in [0.29, 0.717) is 12.2 Å². The molecule has 0 aliphatic rings. The molecule has 0 unspecified atom stereocenters. The van der Waals surface area contributed by atoms with Crippen LogP contribution in [0, 0.1) is 0 Å².